The monoisotopic (exact) mass is 384 g/mol. The van der Waals surface area contributed by atoms with Gasteiger partial charge in [-0.05, 0) is 43.3 Å². The largest absolute Gasteiger partial charge is 0.420 e. The Kier molecular flexibility index (Phi) is 4.65. The van der Waals surface area contributed by atoms with Gasteiger partial charge in [0.1, 0.15) is 5.56 Å². The summed E-state index contributed by atoms with van der Waals surface area (Å²) in [6.45, 7) is 2.94. The van der Waals surface area contributed by atoms with E-state index in [-0.39, 0.29) is 22.9 Å². The molecule has 4 rings (SSSR count). The van der Waals surface area contributed by atoms with Crippen LogP contribution in [0.5, 0.6) is 0 Å². The van der Waals surface area contributed by atoms with Crippen molar-refractivity contribution >= 4 is 17.2 Å². The maximum absolute atomic E-state index is 12.9. The molecule has 0 aliphatic carbocycles. The van der Waals surface area contributed by atoms with Gasteiger partial charge in [-0.25, -0.2) is 0 Å². The molecule has 8 heteroatoms. The fourth-order valence-electron chi connectivity index (χ4n) is 3.33. The van der Waals surface area contributed by atoms with Crippen LogP contribution in [0.2, 0.25) is 0 Å². The van der Waals surface area contributed by atoms with Crippen LogP contribution in [-0.4, -0.2) is 38.7 Å². The van der Waals surface area contributed by atoms with E-state index in [0.29, 0.717) is 24.9 Å². The molecular weight excluding hydrogens is 364 g/mol. The fourth-order valence-corrected chi connectivity index (χ4v) is 3.96. The SMILES string of the molecule is Cc1ccc(C(=O)N2CCC[C@H](c3nnc(-c4ccsc4)o3)C2)c(=O)n1C. The molecule has 1 fully saturated rings. The van der Waals surface area contributed by atoms with Crippen molar-refractivity contribution in [3.05, 3.63) is 56.5 Å². The van der Waals surface area contributed by atoms with Crippen LogP contribution in [0.4, 0.5) is 0 Å². The number of carbonyl (C=O) groups excluding carboxylic acids is 1. The van der Waals surface area contributed by atoms with Gasteiger partial charge < -0.3 is 13.9 Å². The van der Waals surface area contributed by atoms with Crippen LogP contribution in [-0.2, 0) is 7.05 Å². The highest BCUT2D eigenvalue weighted by molar-refractivity contribution is 7.08. The van der Waals surface area contributed by atoms with Crippen LogP contribution >= 0.6 is 11.3 Å². The minimum absolute atomic E-state index is 0.0168. The number of likely N-dealkylation sites (tertiary alicyclic amines) is 1. The van der Waals surface area contributed by atoms with Crippen molar-refractivity contribution in [1.82, 2.24) is 19.7 Å². The number of amides is 1. The van der Waals surface area contributed by atoms with Crippen molar-refractivity contribution in [2.75, 3.05) is 13.1 Å². The van der Waals surface area contributed by atoms with Crippen molar-refractivity contribution in [3.8, 4) is 11.5 Å². The Morgan fingerprint density at radius 2 is 2.15 bits per heavy atom. The van der Waals surface area contributed by atoms with E-state index >= 15 is 0 Å². The summed E-state index contributed by atoms with van der Waals surface area (Å²) in [7, 11) is 1.68. The quantitative estimate of drug-likeness (QED) is 0.694. The first-order valence-electron chi connectivity index (χ1n) is 8.86. The molecular formula is C19H20N4O3S. The number of aromatic nitrogens is 3. The van der Waals surface area contributed by atoms with Crippen molar-refractivity contribution in [3.63, 3.8) is 0 Å². The lowest BCUT2D eigenvalue weighted by molar-refractivity contribution is 0.0696. The number of thiophene rings is 1. The third-order valence-electron chi connectivity index (χ3n) is 5.05. The predicted octanol–water partition coefficient (Wildman–Crippen LogP) is 2.83. The van der Waals surface area contributed by atoms with Gasteiger partial charge in [0.15, 0.2) is 0 Å². The van der Waals surface area contributed by atoms with Gasteiger partial charge in [0.05, 0.1) is 5.92 Å². The second kappa shape index (κ2) is 7.11. The Morgan fingerprint density at radius 1 is 1.30 bits per heavy atom. The van der Waals surface area contributed by atoms with Crippen LogP contribution in [0.15, 0.2) is 38.2 Å². The molecule has 1 saturated heterocycles. The number of rotatable bonds is 3. The van der Waals surface area contributed by atoms with Crippen LogP contribution in [0.3, 0.4) is 0 Å². The molecule has 140 valence electrons. The van der Waals surface area contributed by atoms with Gasteiger partial charge in [0.2, 0.25) is 11.8 Å². The van der Waals surface area contributed by atoms with Crippen LogP contribution in [0.1, 0.15) is 40.7 Å². The number of aryl methyl sites for hydroxylation is 1. The highest BCUT2D eigenvalue weighted by Gasteiger charge is 2.30. The van der Waals surface area contributed by atoms with Gasteiger partial charge in [0.25, 0.3) is 11.5 Å². The molecule has 0 N–H and O–H groups in total. The number of piperidine rings is 1. The molecule has 0 unspecified atom stereocenters. The zero-order chi connectivity index (χ0) is 19.0. The molecule has 1 aliphatic heterocycles. The van der Waals surface area contributed by atoms with Gasteiger partial charge in [-0.2, -0.15) is 11.3 Å². The van der Waals surface area contributed by atoms with Gasteiger partial charge in [-0.15, -0.1) is 10.2 Å². The van der Waals surface area contributed by atoms with Crippen LogP contribution < -0.4 is 5.56 Å². The third kappa shape index (κ3) is 3.32. The maximum Gasteiger partial charge on any atom is 0.263 e. The second-order valence-corrected chi connectivity index (χ2v) is 7.58. The Labute approximate surface area is 160 Å². The standard InChI is InChI=1S/C19H20N4O3S/c1-12-5-6-15(18(24)22(12)2)19(25)23-8-3-4-13(10-23)16-20-21-17(26-16)14-7-9-27-11-14/h5-7,9,11,13H,3-4,8,10H2,1-2H3/t13-/m0/s1. The molecule has 27 heavy (non-hydrogen) atoms. The van der Waals surface area contributed by atoms with Crippen molar-refractivity contribution < 1.29 is 9.21 Å². The first-order chi connectivity index (χ1) is 13.0. The van der Waals surface area contributed by atoms with Crippen molar-refractivity contribution in [1.29, 1.82) is 0 Å². The van der Waals surface area contributed by atoms with E-state index in [0.717, 1.165) is 24.1 Å². The molecule has 7 nitrogen and oxygen atoms in total. The summed E-state index contributed by atoms with van der Waals surface area (Å²) in [5.74, 6) is 0.794. The molecule has 1 amide bonds. The molecule has 3 aromatic rings. The van der Waals surface area contributed by atoms with E-state index in [4.69, 9.17) is 4.42 Å². The normalized spacial score (nSPS) is 17.3. The predicted molar refractivity (Wildman–Crippen MR) is 102 cm³/mol. The Balaban J connectivity index is 1.54. The van der Waals surface area contributed by atoms with Gasteiger partial charge in [0, 0.05) is 36.8 Å². The van der Waals surface area contributed by atoms with Crippen molar-refractivity contribution in [2.24, 2.45) is 7.05 Å². The van der Waals surface area contributed by atoms with E-state index in [1.54, 1.807) is 35.4 Å². The van der Waals surface area contributed by atoms with E-state index in [1.165, 1.54) is 4.57 Å². The number of nitrogens with zero attached hydrogens (tertiary/aromatic N) is 4. The Bertz CT molecular complexity index is 1020. The summed E-state index contributed by atoms with van der Waals surface area (Å²) in [6.07, 6.45) is 1.71. The molecule has 0 saturated carbocycles. The van der Waals surface area contributed by atoms with Crippen LogP contribution in [0, 0.1) is 6.92 Å². The highest BCUT2D eigenvalue weighted by Crippen LogP contribution is 2.29. The third-order valence-corrected chi connectivity index (χ3v) is 5.74. The molecule has 0 spiro atoms. The molecule has 0 bridgehead atoms. The van der Waals surface area contributed by atoms with E-state index in [9.17, 15) is 9.59 Å². The summed E-state index contributed by atoms with van der Waals surface area (Å²) in [5, 5.41) is 12.2. The number of hydrogen-bond donors (Lipinski definition) is 0. The smallest absolute Gasteiger partial charge is 0.263 e. The highest BCUT2D eigenvalue weighted by atomic mass is 32.1. The average molecular weight is 384 g/mol. The summed E-state index contributed by atoms with van der Waals surface area (Å²) in [6, 6.07) is 5.35. The summed E-state index contributed by atoms with van der Waals surface area (Å²) >= 11 is 1.57. The van der Waals surface area contributed by atoms with Gasteiger partial charge >= 0.3 is 0 Å². The van der Waals surface area contributed by atoms with Gasteiger partial charge in [-0.1, -0.05) is 0 Å². The van der Waals surface area contributed by atoms with Gasteiger partial charge in [-0.3, -0.25) is 9.59 Å². The zero-order valence-electron chi connectivity index (χ0n) is 15.2. The summed E-state index contributed by atoms with van der Waals surface area (Å²) < 4.78 is 7.34. The first-order valence-corrected chi connectivity index (χ1v) is 9.80. The van der Waals surface area contributed by atoms with Crippen LogP contribution in [0.25, 0.3) is 11.5 Å². The molecule has 1 atom stereocenters. The number of carbonyl (C=O) groups is 1. The van der Waals surface area contributed by atoms with E-state index in [1.807, 2.05) is 23.8 Å². The van der Waals surface area contributed by atoms with E-state index in [2.05, 4.69) is 10.2 Å². The Morgan fingerprint density at radius 3 is 2.93 bits per heavy atom. The summed E-state index contributed by atoms with van der Waals surface area (Å²) in [4.78, 5) is 27.1. The molecule has 3 aromatic heterocycles. The van der Waals surface area contributed by atoms with Crippen molar-refractivity contribution in [2.45, 2.75) is 25.7 Å². The molecule has 4 heterocycles. The number of pyridine rings is 1. The lowest BCUT2D eigenvalue weighted by Crippen LogP contribution is -2.42. The van der Waals surface area contributed by atoms with E-state index < -0.39 is 0 Å². The maximum atomic E-state index is 12.9. The minimum atomic E-state index is -0.264. The average Bonchev–Trinajstić information content (AvgIpc) is 3.37. The molecule has 0 aromatic carbocycles. The fraction of sp³-hybridized carbons (Fsp3) is 0.368. The zero-order valence-corrected chi connectivity index (χ0v) is 16.0. The first kappa shape index (κ1) is 17.7. The molecule has 1 aliphatic rings. The summed E-state index contributed by atoms with van der Waals surface area (Å²) in [5.41, 5.74) is 1.67. The lowest BCUT2D eigenvalue weighted by atomic mass is 9.97. The Hall–Kier alpha value is -2.74. The number of hydrogen-bond acceptors (Lipinski definition) is 6. The lowest BCUT2D eigenvalue weighted by Gasteiger charge is -2.31. The second-order valence-electron chi connectivity index (χ2n) is 6.80. The minimum Gasteiger partial charge on any atom is -0.420 e. The topological polar surface area (TPSA) is 81.2 Å². The molecule has 0 radical (unpaired) electrons.